The monoisotopic (exact) mass is 238 g/mol. The summed E-state index contributed by atoms with van der Waals surface area (Å²) in [5, 5.41) is 13.7. The zero-order valence-corrected chi connectivity index (χ0v) is 10.4. The summed E-state index contributed by atoms with van der Waals surface area (Å²) in [5.41, 5.74) is 5.13. The fourth-order valence-electron chi connectivity index (χ4n) is 1.41. The predicted molar refractivity (Wildman–Crippen MR) is 63.3 cm³/mol. The van der Waals surface area contributed by atoms with Gasteiger partial charge < -0.3 is 15.4 Å². The second kappa shape index (κ2) is 5.14. The number of primary amides is 1. The van der Waals surface area contributed by atoms with Crippen molar-refractivity contribution < 1.29 is 14.4 Å². The highest BCUT2D eigenvalue weighted by Gasteiger charge is 2.28. The van der Waals surface area contributed by atoms with E-state index < -0.39 is 11.5 Å². The van der Waals surface area contributed by atoms with E-state index in [2.05, 4.69) is 5.16 Å². The number of aliphatic hydroxyl groups is 1. The molecule has 1 heterocycles. The van der Waals surface area contributed by atoms with Gasteiger partial charge in [-0.15, -0.1) is 0 Å². The number of aromatic nitrogens is 1. The molecule has 1 rings (SSSR count). The highest BCUT2D eigenvalue weighted by molar-refractivity contribution is 5.90. The number of carbonyl (C=O) groups excluding carboxylic acids is 1. The molecule has 1 aromatic heterocycles. The van der Waals surface area contributed by atoms with Crippen molar-refractivity contribution in [3.05, 3.63) is 29.2 Å². The van der Waals surface area contributed by atoms with Crippen molar-refractivity contribution in [1.82, 2.24) is 5.16 Å². The standard InChI is InChI=1S/C12H18N2O3/c1-8(2)5-4-6-12(3,16)10-7-9(11(13)15)14-17-10/h5,7,16H,4,6H2,1-3H3,(H2,13,15)/t12-/m1/s1. The number of nitrogens with zero attached hydrogens (tertiary/aromatic N) is 1. The molecule has 94 valence electrons. The molecule has 0 unspecified atom stereocenters. The van der Waals surface area contributed by atoms with Crippen molar-refractivity contribution >= 4 is 5.91 Å². The van der Waals surface area contributed by atoms with E-state index in [-0.39, 0.29) is 11.5 Å². The van der Waals surface area contributed by atoms with Crippen LogP contribution in [0.5, 0.6) is 0 Å². The van der Waals surface area contributed by atoms with E-state index in [0.717, 1.165) is 6.42 Å². The Hall–Kier alpha value is -1.62. The van der Waals surface area contributed by atoms with E-state index in [1.165, 1.54) is 11.6 Å². The molecular weight excluding hydrogens is 220 g/mol. The van der Waals surface area contributed by atoms with Gasteiger partial charge >= 0.3 is 0 Å². The van der Waals surface area contributed by atoms with E-state index in [1.54, 1.807) is 6.92 Å². The molecule has 0 fully saturated rings. The summed E-state index contributed by atoms with van der Waals surface area (Å²) in [7, 11) is 0. The summed E-state index contributed by atoms with van der Waals surface area (Å²) in [6.45, 7) is 5.61. The number of rotatable bonds is 5. The van der Waals surface area contributed by atoms with Gasteiger partial charge in [0.2, 0.25) is 0 Å². The molecule has 0 aliphatic heterocycles. The van der Waals surface area contributed by atoms with Crippen LogP contribution in [-0.2, 0) is 5.60 Å². The lowest BCUT2D eigenvalue weighted by atomic mass is 9.96. The van der Waals surface area contributed by atoms with E-state index >= 15 is 0 Å². The molecular formula is C12H18N2O3. The molecule has 0 saturated heterocycles. The van der Waals surface area contributed by atoms with E-state index in [1.807, 2.05) is 19.9 Å². The summed E-state index contributed by atoms with van der Waals surface area (Å²) < 4.78 is 4.93. The first-order valence-electron chi connectivity index (χ1n) is 5.45. The lowest BCUT2D eigenvalue weighted by molar-refractivity contribution is 0.0205. The Labute approximate surface area is 100 Å². The minimum absolute atomic E-state index is 0.0301. The van der Waals surface area contributed by atoms with Gasteiger partial charge in [0, 0.05) is 6.07 Å². The Balaban J connectivity index is 2.74. The van der Waals surface area contributed by atoms with Crippen LogP contribution in [0.1, 0.15) is 49.9 Å². The SMILES string of the molecule is CC(C)=CCC[C@@](C)(O)c1cc(C(N)=O)no1. The quantitative estimate of drug-likeness (QED) is 0.764. The maximum absolute atomic E-state index is 10.9. The molecule has 0 aliphatic carbocycles. The smallest absolute Gasteiger partial charge is 0.270 e. The molecule has 1 aromatic rings. The van der Waals surface area contributed by atoms with Crippen molar-refractivity contribution in [2.75, 3.05) is 0 Å². The van der Waals surface area contributed by atoms with Crippen LogP contribution in [0.2, 0.25) is 0 Å². The molecule has 0 bridgehead atoms. The summed E-state index contributed by atoms with van der Waals surface area (Å²) in [5.74, 6) is -0.409. The molecule has 5 nitrogen and oxygen atoms in total. The van der Waals surface area contributed by atoms with Crippen molar-refractivity contribution in [3.8, 4) is 0 Å². The van der Waals surface area contributed by atoms with Crippen molar-refractivity contribution in [1.29, 1.82) is 0 Å². The second-order valence-corrected chi connectivity index (χ2v) is 4.53. The topological polar surface area (TPSA) is 89.4 Å². The lowest BCUT2D eigenvalue weighted by Crippen LogP contribution is -2.20. The van der Waals surface area contributed by atoms with Crippen LogP contribution in [0.4, 0.5) is 0 Å². The van der Waals surface area contributed by atoms with Gasteiger partial charge in [0.1, 0.15) is 5.60 Å². The maximum atomic E-state index is 10.9. The molecule has 0 radical (unpaired) electrons. The van der Waals surface area contributed by atoms with E-state index in [9.17, 15) is 9.90 Å². The Kier molecular flexibility index (Phi) is 4.07. The molecule has 5 heteroatoms. The van der Waals surface area contributed by atoms with Gasteiger partial charge in [-0.1, -0.05) is 16.8 Å². The Morgan fingerprint density at radius 2 is 2.29 bits per heavy atom. The Morgan fingerprint density at radius 3 is 2.76 bits per heavy atom. The summed E-state index contributed by atoms with van der Waals surface area (Å²) in [4.78, 5) is 10.9. The number of nitrogens with two attached hydrogens (primary N) is 1. The molecule has 17 heavy (non-hydrogen) atoms. The largest absolute Gasteiger partial charge is 0.382 e. The first-order valence-corrected chi connectivity index (χ1v) is 5.45. The van der Waals surface area contributed by atoms with Gasteiger partial charge in [0.15, 0.2) is 11.5 Å². The van der Waals surface area contributed by atoms with Crippen LogP contribution >= 0.6 is 0 Å². The third kappa shape index (κ3) is 3.71. The number of allylic oxidation sites excluding steroid dienone is 2. The average Bonchev–Trinajstić information content (AvgIpc) is 2.65. The number of amides is 1. The fourth-order valence-corrected chi connectivity index (χ4v) is 1.41. The fraction of sp³-hybridized carbons (Fsp3) is 0.500. The van der Waals surface area contributed by atoms with Crippen LogP contribution in [0.25, 0.3) is 0 Å². The van der Waals surface area contributed by atoms with Crippen LogP contribution in [0.3, 0.4) is 0 Å². The second-order valence-electron chi connectivity index (χ2n) is 4.53. The molecule has 0 aromatic carbocycles. The van der Waals surface area contributed by atoms with Gasteiger partial charge in [0.05, 0.1) is 0 Å². The highest BCUT2D eigenvalue weighted by Crippen LogP contribution is 2.26. The first kappa shape index (κ1) is 13.4. The summed E-state index contributed by atoms with van der Waals surface area (Å²) in [6.07, 6.45) is 3.24. The number of carbonyl (C=O) groups is 1. The van der Waals surface area contributed by atoms with Crippen molar-refractivity contribution in [3.63, 3.8) is 0 Å². The maximum Gasteiger partial charge on any atom is 0.270 e. The van der Waals surface area contributed by atoms with Gasteiger partial charge in [-0.3, -0.25) is 4.79 Å². The molecule has 1 atom stereocenters. The third-order valence-corrected chi connectivity index (χ3v) is 2.48. The van der Waals surface area contributed by atoms with Crippen molar-refractivity contribution in [2.24, 2.45) is 5.73 Å². The molecule has 0 saturated carbocycles. The minimum Gasteiger partial charge on any atom is -0.382 e. The van der Waals surface area contributed by atoms with Gasteiger partial charge in [-0.25, -0.2) is 0 Å². The van der Waals surface area contributed by atoms with E-state index in [0.29, 0.717) is 6.42 Å². The van der Waals surface area contributed by atoms with Crippen LogP contribution in [0, 0.1) is 0 Å². The third-order valence-electron chi connectivity index (χ3n) is 2.48. The van der Waals surface area contributed by atoms with Crippen LogP contribution in [-0.4, -0.2) is 16.2 Å². The van der Waals surface area contributed by atoms with E-state index in [4.69, 9.17) is 10.3 Å². The zero-order chi connectivity index (χ0) is 13.1. The minimum atomic E-state index is -1.15. The normalized spacial score (nSPS) is 14.1. The van der Waals surface area contributed by atoms with Crippen molar-refractivity contribution in [2.45, 2.75) is 39.2 Å². The number of hydrogen-bond acceptors (Lipinski definition) is 4. The highest BCUT2D eigenvalue weighted by atomic mass is 16.5. The summed E-state index contributed by atoms with van der Waals surface area (Å²) >= 11 is 0. The number of hydrogen-bond donors (Lipinski definition) is 2. The lowest BCUT2D eigenvalue weighted by Gasteiger charge is -2.18. The first-order chi connectivity index (χ1) is 7.83. The van der Waals surface area contributed by atoms with Gasteiger partial charge in [0.25, 0.3) is 5.91 Å². The van der Waals surface area contributed by atoms with Crippen LogP contribution in [0.15, 0.2) is 22.2 Å². The average molecular weight is 238 g/mol. The molecule has 1 amide bonds. The molecule has 3 N–H and O–H groups in total. The van der Waals surface area contributed by atoms with Gasteiger partial charge in [-0.2, -0.15) is 0 Å². The summed E-state index contributed by atoms with van der Waals surface area (Å²) in [6, 6.07) is 1.38. The predicted octanol–water partition coefficient (Wildman–Crippen LogP) is 1.73. The zero-order valence-electron chi connectivity index (χ0n) is 10.4. The van der Waals surface area contributed by atoms with Crippen LogP contribution < -0.4 is 5.73 Å². The van der Waals surface area contributed by atoms with Gasteiger partial charge in [-0.05, 0) is 33.6 Å². The Bertz CT molecular complexity index is 429. The molecule has 0 aliphatic rings. The Morgan fingerprint density at radius 1 is 1.65 bits per heavy atom. The molecule has 0 spiro atoms.